The van der Waals surface area contributed by atoms with Crippen LogP contribution in [-0.2, 0) is 11.2 Å². The van der Waals surface area contributed by atoms with Gasteiger partial charge in [0.1, 0.15) is 11.4 Å². The maximum Gasteiger partial charge on any atom is 0.408 e. The number of nitrogens with one attached hydrogen (secondary N) is 1. The number of aryl methyl sites for hydroxylation is 2. The molecule has 2 aromatic rings. The van der Waals surface area contributed by atoms with Gasteiger partial charge >= 0.3 is 6.09 Å². The van der Waals surface area contributed by atoms with E-state index in [0.29, 0.717) is 23.8 Å². The van der Waals surface area contributed by atoms with E-state index >= 15 is 0 Å². The number of benzene rings is 1. The lowest BCUT2D eigenvalue weighted by atomic mass is 9.95. The summed E-state index contributed by atoms with van der Waals surface area (Å²) < 4.78 is 11.0. The molecule has 0 aliphatic rings. The lowest BCUT2D eigenvalue weighted by Crippen LogP contribution is -2.52. The molecule has 7 heteroatoms. The molecule has 0 saturated heterocycles. The Labute approximate surface area is 159 Å². The highest BCUT2D eigenvalue weighted by atomic mass is 16.6. The second-order valence-corrected chi connectivity index (χ2v) is 7.37. The minimum atomic E-state index is -1.46. The molecule has 144 valence electrons. The fourth-order valence-corrected chi connectivity index (χ4v) is 2.49. The normalized spacial score (nSPS) is 13.5. The number of carbonyl (C=O) groups excluding carboxylic acids is 1. The number of nitrogens with zero attached hydrogens (tertiary/aromatic N) is 2. The van der Waals surface area contributed by atoms with Gasteiger partial charge < -0.3 is 19.6 Å². The fourth-order valence-electron chi connectivity index (χ4n) is 2.49. The molecular weight excluding hydrogens is 346 g/mol. The van der Waals surface area contributed by atoms with Crippen molar-refractivity contribution in [2.45, 2.75) is 51.7 Å². The van der Waals surface area contributed by atoms with Gasteiger partial charge in [-0.25, -0.2) is 9.78 Å². The van der Waals surface area contributed by atoms with Gasteiger partial charge in [-0.2, -0.15) is 5.26 Å². The first-order chi connectivity index (χ1) is 12.7. The number of oxazole rings is 1. The molecule has 1 amide bonds. The zero-order valence-electron chi connectivity index (χ0n) is 16.1. The second-order valence-electron chi connectivity index (χ2n) is 7.37. The van der Waals surface area contributed by atoms with Crippen LogP contribution < -0.4 is 5.32 Å². The highest BCUT2D eigenvalue weighted by molar-refractivity contribution is 5.69. The molecule has 0 spiro atoms. The van der Waals surface area contributed by atoms with Crippen molar-refractivity contribution in [1.82, 2.24) is 10.3 Å². The fraction of sp³-hybridized carbons (Fsp3) is 0.450. The number of amides is 1. The van der Waals surface area contributed by atoms with Crippen LogP contribution in [0.5, 0.6) is 0 Å². The number of carbonyl (C=O) groups is 1. The number of aliphatic hydroxyl groups is 1. The van der Waals surface area contributed by atoms with Crippen LogP contribution in [0, 0.1) is 18.3 Å². The number of aromatic nitrogens is 1. The first-order valence-corrected chi connectivity index (χ1v) is 8.73. The van der Waals surface area contributed by atoms with Crippen LogP contribution in [0.2, 0.25) is 0 Å². The monoisotopic (exact) mass is 371 g/mol. The van der Waals surface area contributed by atoms with Crippen molar-refractivity contribution in [1.29, 1.82) is 5.26 Å². The summed E-state index contributed by atoms with van der Waals surface area (Å²) in [5.74, 6) is 1.10. The Morgan fingerprint density at radius 3 is 2.56 bits per heavy atom. The van der Waals surface area contributed by atoms with Gasteiger partial charge in [0.2, 0.25) is 5.89 Å². The molecule has 1 atom stereocenters. The summed E-state index contributed by atoms with van der Waals surface area (Å²) in [7, 11) is 0. The smallest absolute Gasteiger partial charge is 0.408 e. The van der Waals surface area contributed by atoms with Gasteiger partial charge in [0, 0.05) is 12.0 Å². The van der Waals surface area contributed by atoms with E-state index in [-0.39, 0.29) is 6.42 Å². The van der Waals surface area contributed by atoms with Gasteiger partial charge in [0.05, 0.1) is 18.4 Å². The predicted octanol–water partition coefficient (Wildman–Crippen LogP) is 3.36. The van der Waals surface area contributed by atoms with E-state index in [4.69, 9.17) is 9.15 Å². The van der Waals surface area contributed by atoms with Crippen LogP contribution in [0.1, 0.15) is 38.6 Å². The topological polar surface area (TPSA) is 108 Å². The van der Waals surface area contributed by atoms with E-state index in [2.05, 4.69) is 10.3 Å². The summed E-state index contributed by atoms with van der Waals surface area (Å²) in [4.78, 5) is 16.4. The van der Waals surface area contributed by atoms with Crippen molar-refractivity contribution < 1.29 is 19.1 Å². The highest BCUT2D eigenvalue weighted by Crippen LogP contribution is 2.24. The highest BCUT2D eigenvalue weighted by Gasteiger charge is 2.34. The molecule has 27 heavy (non-hydrogen) atoms. The summed E-state index contributed by atoms with van der Waals surface area (Å²) in [5.41, 5.74) is -0.607. The largest absolute Gasteiger partial charge is 0.444 e. The van der Waals surface area contributed by atoms with Gasteiger partial charge in [-0.15, -0.1) is 0 Å². The maximum atomic E-state index is 12.0. The second kappa shape index (κ2) is 8.23. The standard InChI is InChI=1S/C20H25N3O4/c1-14-16(26-17(22-14)15-8-6-5-7-9-15)10-11-20(12-21,13-24)23-18(25)27-19(2,3)4/h5-9,24H,10-11,13H2,1-4H3,(H,23,25). The Kier molecular flexibility index (Phi) is 6.24. The first-order valence-electron chi connectivity index (χ1n) is 8.73. The van der Waals surface area contributed by atoms with Crippen LogP contribution in [0.25, 0.3) is 11.5 Å². The van der Waals surface area contributed by atoms with Crippen LogP contribution in [-0.4, -0.2) is 33.9 Å². The zero-order chi connectivity index (χ0) is 20.1. The number of hydrogen-bond donors (Lipinski definition) is 2. The van der Waals surface area contributed by atoms with Crippen LogP contribution in [0.15, 0.2) is 34.7 Å². The number of aliphatic hydroxyl groups excluding tert-OH is 1. The maximum absolute atomic E-state index is 12.0. The summed E-state index contributed by atoms with van der Waals surface area (Å²) in [6, 6.07) is 11.5. The van der Waals surface area contributed by atoms with Gasteiger partial charge in [-0.1, -0.05) is 18.2 Å². The van der Waals surface area contributed by atoms with Crippen LogP contribution >= 0.6 is 0 Å². The number of hydrogen-bond acceptors (Lipinski definition) is 6. The SMILES string of the molecule is Cc1nc(-c2ccccc2)oc1CCC(C#N)(CO)NC(=O)OC(C)(C)C. The first kappa shape index (κ1) is 20.5. The Bertz CT molecular complexity index is 818. The molecule has 1 heterocycles. The summed E-state index contributed by atoms with van der Waals surface area (Å²) >= 11 is 0. The lowest BCUT2D eigenvalue weighted by Gasteiger charge is -2.27. The molecule has 1 aromatic carbocycles. The van der Waals surface area contributed by atoms with E-state index in [1.807, 2.05) is 43.3 Å². The minimum Gasteiger partial charge on any atom is -0.444 e. The van der Waals surface area contributed by atoms with Crippen LogP contribution in [0.3, 0.4) is 0 Å². The molecule has 0 saturated carbocycles. The third-order valence-electron chi connectivity index (χ3n) is 3.92. The van der Waals surface area contributed by atoms with E-state index in [0.717, 1.165) is 5.56 Å². The predicted molar refractivity (Wildman–Crippen MR) is 99.8 cm³/mol. The van der Waals surface area contributed by atoms with Gasteiger partial charge in [0.25, 0.3) is 0 Å². The molecule has 7 nitrogen and oxygen atoms in total. The molecule has 2 N–H and O–H groups in total. The average molecular weight is 371 g/mol. The van der Waals surface area contributed by atoms with E-state index < -0.39 is 23.8 Å². The molecule has 0 radical (unpaired) electrons. The molecule has 0 bridgehead atoms. The van der Waals surface area contributed by atoms with Crippen LogP contribution in [0.4, 0.5) is 4.79 Å². The summed E-state index contributed by atoms with van der Waals surface area (Å²) in [6.07, 6.45) is -0.267. The van der Waals surface area contributed by atoms with Crippen molar-refractivity contribution in [2.24, 2.45) is 0 Å². The van der Waals surface area contributed by atoms with E-state index in [1.165, 1.54) is 0 Å². The van der Waals surface area contributed by atoms with E-state index in [1.54, 1.807) is 20.8 Å². The third kappa shape index (κ3) is 5.56. The molecule has 0 aliphatic heterocycles. The Balaban J connectivity index is 2.11. The third-order valence-corrected chi connectivity index (χ3v) is 3.92. The lowest BCUT2D eigenvalue weighted by molar-refractivity contribution is 0.0437. The number of rotatable bonds is 6. The quantitative estimate of drug-likeness (QED) is 0.806. The molecular formula is C20H25N3O4. The van der Waals surface area contributed by atoms with Gasteiger partial charge in [-0.05, 0) is 46.2 Å². The van der Waals surface area contributed by atoms with Crippen molar-refractivity contribution in [2.75, 3.05) is 6.61 Å². The minimum absolute atomic E-state index is 0.156. The van der Waals surface area contributed by atoms with Crippen molar-refractivity contribution in [3.8, 4) is 17.5 Å². The average Bonchev–Trinajstić information content (AvgIpc) is 2.99. The number of alkyl carbamates (subject to hydrolysis) is 1. The van der Waals surface area contributed by atoms with Gasteiger partial charge in [0.15, 0.2) is 5.54 Å². The van der Waals surface area contributed by atoms with Crippen molar-refractivity contribution in [3.05, 3.63) is 41.8 Å². The zero-order valence-corrected chi connectivity index (χ0v) is 16.1. The van der Waals surface area contributed by atoms with Crippen molar-refractivity contribution >= 4 is 6.09 Å². The Hall–Kier alpha value is -2.85. The summed E-state index contributed by atoms with van der Waals surface area (Å²) in [5, 5.41) is 21.7. The van der Waals surface area contributed by atoms with E-state index in [9.17, 15) is 15.2 Å². The summed E-state index contributed by atoms with van der Waals surface area (Å²) in [6.45, 7) is 6.45. The van der Waals surface area contributed by atoms with Gasteiger partial charge in [-0.3, -0.25) is 0 Å². The molecule has 0 fully saturated rings. The Morgan fingerprint density at radius 2 is 2.00 bits per heavy atom. The Morgan fingerprint density at radius 1 is 1.33 bits per heavy atom. The molecule has 0 aliphatic carbocycles. The molecule has 1 unspecified atom stereocenters. The number of ether oxygens (including phenoxy) is 1. The number of nitriles is 1. The molecule has 2 rings (SSSR count). The van der Waals surface area contributed by atoms with Crippen molar-refractivity contribution in [3.63, 3.8) is 0 Å². The molecule has 1 aromatic heterocycles.